The van der Waals surface area contributed by atoms with Crippen LogP contribution in [-0.2, 0) is 4.43 Å². The standard InChI is InChI=1S/C30H51ClOSi/c1-22(2)10-8-11-24(4)28-17-18-29-25(12-9-19-30(28,29)5)14-15-26-20-27(16-13-23(26)3)32-33(6,7)21-31/h14-15,22,24,27-28H,8-13,16-21H2,1-7H3/b15-14+/t24-,27?,28-,30-/m1/s1. The third-order valence-corrected chi connectivity index (χ3v) is 12.5. The van der Waals surface area contributed by atoms with Crippen molar-refractivity contribution in [1.82, 2.24) is 0 Å². The number of hydrogen-bond acceptors (Lipinski definition) is 1. The summed E-state index contributed by atoms with van der Waals surface area (Å²) < 4.78 is 6.50. The van der Waals surface area contributed by atoms with E-state index in [2.05, 4.69) is 59.9 Å². The molecule has 0 aromatic heterocycles. The van der Waals surface area contributed by atoms with Crippen LogP contribution in [0.25, 0.3) is 0 Å². The molecule has 0 saturated heterocycles. The first-order valence-electron chi connectivity index (χ1n) is 13.9. The predicted molar refractivity (Wildman–Crippen MR) is 148 cm³/mol. The van der Waals surface area contributed by atoms with Crippen molar-refractivity contribution < 1.29 is 4.43 Å². The third-order valence-electron chi connectivity index (χ3n) is 9.00. The monoisotopic (exact) mass is 490 g/mol. The van der Waals surface area contributed by atoms with Crippen LogP contribution < -0.4 is 0 Å². The Morgan fingerprint density at radius 3 is 2.48 bits per heavy atom. The average molecular weight is 491 g/mol. The molecule has 4 atom stereocenters. The summed E-state index contributed by atoms with van der Waals surface area (Å²) in [4.78, 5) is 0. The van der Waals surface area contributed by atoms with E-state index in [1.807, 2.05) is 5.57 Å². The summed E-state index contributed by atoms with van der Waals surface area (Å²) in [6, 6.07) is 0. The molecule has 1 nitrogen and oxygen atoms in total. The van der Waals surface area contributed by atoms with E-state index in [9.17, 15) is 0 Å². The van der Waals surface area contributed by atoms with Gasteiger partial charge in [0.25, 0.3) is 0 Å². The van der Waals surface area contributed by atoms with Crippen molar-refractivity contribution in [2.24, 2.45) is 23.2 Å². The molecule has 0 aromatic rings. The maximum atomic E-state index is 6.50. The fraction of sp³-hybridized carbons (Fsp3) is 0.800. The van der Waals surface area contributed by atoms with Crippen LogP contribution in [-0.4, -0.2) is 19.9 Å². The Labute approximate surface area is 211 Å². The summed E-state index contributed by atoms with van der Waals surface area (Å²) in [6.07, 6.45) is 19.7. The van der Waals surface area contributed by atoms with Crippen LogP contribution in [0, 0.1) is 23.2 Å². The highest BCUT2D eigenvalue weighted by molar-refractivity contribution is 6.77. The van der Waals surface area contributed by atoms with Gasteiger partial charge in [-0.25, -0.2) is 0 Å². The molecule has 188 valence electrons. The maximum absolute atomic E-state index is 6.50. The van der Waals surface area contributed by atoms with Gasteiger partial charge in [-0.05, 0) is 106 Å². The molecule has 0 aliphatic heterocycles. The van der Waals surface area contributed by atoms with Gasteiger partial charge < -0.3 is 4.43 Å². The third kappa shape index (κ3) is 6.89. The van der Waals surface area contributed by atoms with Gasteiger partial charge in [-0.15, -0.1) is 11.6 Å². The van der Waals surface area contributed by atoms with E-state index in [-0.39, 0.29) is 0 Å². The highest BCUT2D eigenvalue weighted by atomic mass is 35.5. The second-order valence-electron chi connectivity index (χ2n) is 12.7. The smallest absolute Gasteiger partial charge is 0.201 e. The topological polar surface area (TPSA) is 9.23 Å². The Balaban J connectivity index is 1.71. The highest BCUT2D eigenvalue weighted by Crippen LogP contribution is 2.58. The molecular formula is C30H51ClOSi. The van der Waals surface area contributed by atoms with Crippen molar-refractivity contribution in [1.29, 1.82) is 0 Å². The molecule has 0 spiro atoms. The van der Waals surface area contributed by atoms with Crippen molar-refractivity contribution in [2.45, 2.75) is 124 Å². The Bertz CT molecular complexity index is 761. The molecule has 3 heteroatoms. The van der Waals surface area contributed by atoms with Crippen molar-refractivity contribution in [3.63, 3.8) is 0 Å². The number of halogens is 1. The minimum absolute atomic E-state index is 0.352. The SMILES string of the molecule is CC1=C(/C=C/C2=C3CC[C@H]([C@H](C)CCCC(C)C)[C@@]3(C)CCC2)CC(O[Si](C)(C)CCl)CC1. The Morgan fingerprint density at radius 2 is 1.79 bits per heavy atom. The zero-order valence-electron chi connectivity index (χ0n) is 22.7. The van der Waals surface area contributed by atoms with Gasteiger partial charge in [-0.3, -0.25) is 0 Å². The van der Waals surface area contributed by atoms with Gasteiger partial charge in [0.15, 0.2) is 0 Å². The van der Waals surface area contributed by atoms with Crippen molar-refractivity contribution in [3.05, 3.63) is 34.4 Å². The van der Waals surface area contributed by atoms with Crippen molar-refractivity contribution in [3.8, 4) is 0 Å². The molecular weight excluding hydrogens is 440 g/mol. The van der Waals surface area contributed by atoms with Crippen molar-refractivity contribution in [2.75, 3.05) is 5.50 Å². The summed E-state index contributed by atoms with van der Waals surface area (Å²) in [5.41, 5.74) is 7.67. The zero-order valence-corrected chi connectivity index (χ0v) is 24.5. The largest absolute Gasteiger partial charge is 0.413 e. The first kappa shape index (κ1) is 27.3. The van der Waals surface area contributed by atoms with Gasteiger partial charge in [-0.1, -0.05) is 70.3 Å². The van der Waals surface area contributed by atoms with Crippen LogP contribution in [0.3, 0.4) is 0 Å². The lowest BCUT2D eigenvalue weighted by atomic mass is 9.64. The molecule has 0 heterocycles. The highest BCUT2D eigenvalue weighted by Gasteiger charge is 2.46. The maximum Gasteiger partial charge on any atom is 0.201 e. The van der Waals surface area contributed by atoms with E-state index in [4.69, 9.17) is 16.0 Å². The predicted octanol–water partition coefficient (Wildman–Crippen LogP) is 9.77. The lowest BCUT2D eigenvalue weighted by molar-refractivity contribution is 0.164. The molecule has 1 saturated carbocycles. The molecule has 3 rings (SSSR count). The number of allylic oxidation sites excluding steroid dienone is 5. The minimum Gasteiger partial charge on any atom is -0.413 e. The van der Waals surface area contributed by atoms with E-state index < -0.39 is 8.32 Å². The van der Waals surface area contributed by atoms with Crippen LogP contribution in [0.1, 0.15) is 105 Å². The number of fused-ring (bicyclic) bond motifs is 1. The summed E-state index contributed by atoms with van der Waals surface area (Å²) in [7, 11) is -1.72. The summed E-state index contributed by atoms with van der Waals surface area (Å²) in [5, 5.41) is 0. The fourth-order valence-electron chi connectivity index (χ4n) is 6.99. The van der Waals surface area contributed by atoms with Crippen molar-refractivity contribution >= 4 is 19.9 Å². The van der Waals surface area contributed by atoms with Gasteiger partial charge >= 0.3 is 0 Å². The van der Waals surface area contributed by atoms with Crippen LogP contribution in [0.5, 0.6) is 0 Å². The van der Waals surface area contributed by atoms with Gasteiger partial charge in [0.2, 0.25) is 8.32 Å². The molecule has 33 heavy (non-hydrogen) atoms. The van der Waals surface area contributed by atoms with Crippen LogP contribution in [0.2, 0.25) is 13.1 Å². The molecule has 3 aliphatic carbocycles. The number of alkyl halides is 1. The molecule has 0 bridgehead atoms. The number of hydrogen-bond donors (Lipinski definition) is 0. The average Bonchev–Trinajstić information content (AvgIpc) is 3.11. The number of rotatable bonds is 10. The fourth-order valence-corrected chi connectivity index (χ4v) is 8.34. The minimum atomic E-state index is -1.72. The normalized spacial score (nSPS) is 30.0. The first-order valence-corrected chi connectivity index (χ1v) is 17.5. The quantitative estimate of drug-likeness (QED) is 0.218. The second-order valence-corrected chi connectivity index (χ2v) is 17.6. The summed E-state index contributed by atoms with van der Waals surface area (Å²) >= 11 is 6.19. The first-order chi connectivity index (χ1) is 15.6. The van der Waals surface area contributed by atoms with E-state index >= 15 is 0 Å². The van der Waals surface area contributed by atoms with E-state index in [1.54, 1.807) is 11.1 Å². The lowest BCUT2D eigenvalue weighted by Crippen LogP contribution is -2.38. The van der Waals surface area contributed by atoms with Gasteiger partial charge in [0.1, 0.15) is 0 Å². The zero-order chi connectivity index (χ0) is 24.2. The molecule has 0 aromatic carbocycles. The Morgan fingerprint density at radius 1 is 1.06 bits per heavy atom. The van der Waals surface area contributed by atoms with Gasteiger partial charge in [-0.2, -0.15) is 0 Å². The molecule has 3 aliphatic rings. The van der Waals surface area contributed by atoms with E-state index in [0.717, 1.165) is 37.0 Å². The second kappa shape index (κ2) is 11.6. The van der Waals surface area contributed by atoms with Gasteiger partial charge in [0, 0.05) is 11.6 Å². The van der Waals surface area contributed by atoms with Crippen LogP contribution in [0.4, 0.5) is 0 Å². The molecule has 1 fully saturated rings. The summed E-state index contributed by atoms with van der Waals surface area (Å²) in [6.45, 7) is 16.7. The van der Waals surface area contributed by atoms with E-state index in [0.29, 0.717) is 17.0 Å². The Kier molecular flexibility index (Phi) is 9.60. The molecule has 1 unspecified atom stereocenters. The molecule has 0 radical (unpaired) electrons. The lowest BCUT2D eigenvalue weighted by Gasteiger charge is -2.40. The van der Waals surface area contributed by atoms with E-state index in [1.165, 1.54) is 56.9 Å². The van der Waals surface area contributed by atoms with Crippen LogP contribution >= 0.6 is 11.6 Å². The Hall–Kier alpha value is -0.313. The van der Waals surface area contributed by atoms with Crippen LogP contribution in [0.15, 0.2) is 34.4 Å². The molecule has 0 amide bonds. The summed E-state index contributed by atoms with van der Waals surface area (Å²) in [5.74, 6) is 2.56. The van der Waals surface area contributed by atoms with Gasteiger partial charge in [0.05, 0.1) is 0 Å². The molecule has 0 N–H and O–H groups in total.